The fraction of sp³-hybridized carbons (Fsp3) is 0.500. The Kier molecular flexibility index (Phi) is 4.82. The van der Waals surface area contributed by atoms with Gasteiger partial charge in [-0.1, -0.05) is 12.2 Å². The molecule has 0 aliphatic heterocycles. The zero-order chi connectivity index (χ0) is 12.1. The lowest BCUT2D eigenvalue weighted by atomic mass is 10.1. The minimum Gasteiger partial charge on any atom is -0.393 e. The summed E-state index contributed by atoms with van der Waals surface area (Å²) in [4.78, 5) is 16.0. The molecule has 1 aromatic heterocycles. The third-order valence-corrected chi connectivity index (χ3v) is 3.34. The number of aryl methyl sites for hydroxylation is 1. The Morgan fingerprint density at radius 1 is 1.75 bits per heavy atom. The number of nitrogens with two attached hydrogens (primary N) is 1. The summed E-state index contributed by atoms with van der Waals surface area (Å²) >= 11 is 6.36. The maximum Gasteiger partial charge on any atom is 0.229 e. The molecule has 0 saturated carbocycles. The Morgan fingerprint density at radius 3 is 2.94 bits per heavy atom. The van der Waals surface area contributed by atoms with Gasteiger partial charge >= 0.3 is 0 Å². The average molecular weight is 257 g/mol. The molecular formula is C10H15N3OS2. The van der Waals surface area contributed by atoms with E-state index in [1.54, 1.807) is 18.3 Å². The molecule has 0 fully saturated rings. The number of hydrogen-bond donors (Lipinski definition) is 2. The Morgan fingerprint density at radius 2 is 2.44 bits per heavy atom. The first-order valence-electron chi connectivity index (χ1n) is 4.98. The molecule has 88 valence electrons. The van der Waals surface area contributed by atoms with Crippen LogP contribution in [0.1, 0.15) is 17.6 Å². The van der Waals surface area contributed by atoms with Gasteiger partial charge in [-0.2, -0.15) is 0 Å². The van der Waals surface area contributed by atoms with E-state index in [-0.39, 0.29) is 10.9 Å². The molecule has 0 bridgehead atoms. The van der Waals surface area contributed by atoms with Crippen LogP contribution >= 0.6 is 23.6 Å². The topological polar surface area (TPSA) is 68.0 Å². The van der Waals surface area contributed by atoms with Crippen LogP contribution in [-0.4, -0.2) is 22.4 Å². The Bertz CT molecular complexity index is 389. The molecule has 1 amide bonds. The molecule has 0 saturated heterocycles. The van der Waals surface area contributed by atoms with Crippen molar-refractivity contribution in [3.05, 3.63) is 16.1 Å². The Balaban J connectivity index is 2.30. The molecule has 0 aliphatic rings. The van der Waals surface area contributed by atoms with E-state index >= 15 is 0 Å². The summed E-state index contributed by atoms with van der Waals surface area (Å²) in [5, 5.41) is 5.82. The van der Waals surface area contributed by atoms with E-state index < -0.39 is 5.92 Å². The molecule has 16 heavy (non-hydrogen) atoms. The van der Waals surface area contributed by atoms with Crippen molar-refractivity contribution in [2.75, 3.05) is 6.54 Å². The smallest absolute Gasteiger partial charge is 0.229 e. The van der Waals surface area contributed by atoms with Gasteiger partial charge in [-0.05, 0) is 13.8 Å². The van der Waals surface area contributed by atoms with Crippen molar-refractivity contribution in [2.45, 2.75) is 20.3 Å². The molecule has 0 spiro atoms. The summed E-state index contributed by atoms with van der Waals surface area (Å²) in [6, 6.07) is 0. The molecular weight excluding hydrogens is 242 g/mol. The molecule has 1 aromatic rings. The van der Waals surface area contributed by atoms with Crippen molar-refractivity contribution in [2.24, 2.45) is 11.7 Å². The van der Waals surface area contributed by atoms with E-state index in [9.17, 15) is 4.79 Å². The van der Waals surface area contributed by atoms with Crippen LogP contribution in [0, 0.1) is 12.8 Å². The van der Waals surface area contributed by atoms with Gasteiger partial charge in [-0.15, -0.1) is 11.3 Å². The van der Waals surface area contributed by atoms with E-state index in [0.29, 0.717) is 6.54 Å². The lowest BCUT2D eigenvalue weighted by Crippen LogP contribution is -2.37. The number of amides is 1. The first kappa shape index (κ1) is 13.1. The predicted molar refractivity (Wildman–Crippen MR) is 69.5 cm³/mol. The monoisotopic (exact) mass is 257 g/mol. The fourth-order valence-electron chi connectivity index (χ4n) is 1.12. The van der Waals surface area contributed by atoms with Crippen LogP contribution in [-0.2, 0) is 11.2 Å². The minimum atomic E-state index is -0.410. The number of carbonyl (C=O) groups excluding carboxylic acids is 1. The van der Waals surface area contributed by atoms with Crippen LogP contribution in [0.15, 0.2) is 5.38 Å². The van der Waals surface area contributed by atoms with Crippen LogP contribution < -0.4 is 11.1 Å². The first-order chi connectivity index (χ1) is 7.50. The van der Waals surface area contributed by atoms with Crippen molar-refractivity contribution < 1.29 is 4.79 Å². The lowest BCUT2D eigenvalue weighted by Gasteiger charge is -2.09. The predicted octanol–water partition coefficient (Wildman–Crippen LogP) is 1.03. The van der Waals surface area contributed by atoms with Crippen molar-refractivity contribution in [3.63, 3.8) is 0 Å². The molecule has 0 aromatic carbocycles. The van der Waals surface area contributed by atoms with E-state index in [1.165, 1.54) is 0 Å². The average Bonchev–Trinajstić information content (AvgIpc) is 2.62. The number of thiocarbonyl (C=S) groups is 1. The summed E-state index contributed by atoms with van der Waals surface area (Å²) in [6.45, 7) is 4.22. The number of rotatable bonds is 5. The molecule has 1 heterocycles. The highest BCUT2D eigenvalue weighted by atomic mass is 32.1. The van der Waals surface area contributed by atoms with E-state index in [0.717, 1.165) is 17.1 Å². The lowest BCUT2D eigenvalue weighted by molar-refractivity contribution is -0.122. The molecule has 4 nitrogen and oxygen atoms in total. The van der Waals surface area contributed by atoms with Crippen LogP contribution in [0.3, 0.4) is 0 Å². The summed E-state index contributed by atoms with van der Waals surface area (Å²) < 4.78 is 0. The van der Waals surface area contributed by atoms with Gasteiger partial charge in [0, 0.05) is 18.3 Å². The first-order valence-corrected chi connectivity index (χ1v) is 6.27. The summed E-state index contributed by atoms with van der Waals surface area (Å²) in [7, 11) is 0. The summed E-state index contributed by atoms with van der Waals surface area (Å²) in [5.41, 5.74) is 6.39. The highest BCUT2D eigenvalue weighted by Crippen LogP contribution is 2.07. The van der Waals surface area contributed by atoms with E-state index in [2.05, 4.69) is 10.3 Å². The van der Waals surface area contributed by atoms with Gasteiger partial charge in [-0.25, -0.2) is 4.98 Å². The van der Waals surface area contributed by atoms with Gasteiger partial charge in [0.2, 0.25) is 5.91 Å². The van der Waals surface area contributed by atoms with E-state index in [4.69, 9.17) is 18.0 Å². The number of nitrogens with one attached hydrogen (secondary N) is 1. The van der Waals surface area contributed by atoms with Crippen molar-refractivity contribution in [1.29, 1.82) is 0 Å². The van der Waals surface area contributed by atoms with E-state index in [1.807, 2.05) is 12.3 Å². The fourth-order valence-corrected chi connectivity index (χ4v) is 1.87. The zero-order valence-electron chi connectivity index (χ0n) is 9.32. The largest absolute Gasteiger partial charge is 0.393 e. The number of nitrogens with zero attached hydrogens (tertiary/aromatic N) is 1. The van der Waals surface area contributed by atoms with Gasteiger partial charge in [0.1, 0.15) is 0 Å². The number of thiazole rings is 1. The second-order valence-electron chi connectivity index (χ2n) is 3.52. The summed E-state index contributed by atoms with van der Waals surface area (Å²) in [6.07, 6.45) is 0.736. The van der Waals surface area contributed by atoms with Crippen LogP contribution in [0.5, 0.6) is 0 Å². The van der Waals surface area contributed by atoms with Gasteiger partial charge in [-0.3, -0.25) is 4.79 Å². The van der Waals surface area contributed by atoms with Crippen LogP contribution in [0.2, 0.25) is 0 Å². The molecule has 1 rings (SSSR count). The molecule has 0 aliphatic carbocycles. The van der Waals surface area contributed by atoms with Gasteiger partial charge in [0.25, 0.3) is 0 Å². The van der Waals surface area contributed by atoms with Crippen molar-refractivity contribution in [1.82, 2.24) is 10.3 Å². The maximum absolute atomic E-state index is 11.5. The van der Waals surface area contributed by atoms with Crippen LogP contribution in [0.4, 0.5) is 0 Å². The third kappa shape index (κ3) is 3.86. The SMILES string of the molecule is Cc1nc(CCNC(=O)C(C)C(N)=S)cs1. The molecule has 3 N–H and O–H groups in total. The van der Waals surface area contributed by atoms with Crippen LogP contribution in [0.25, 0.3) is 0 Å². The van der Waals surface area contributed by atoms with Crippen molar-refractivity contribution >= 4 is 34.5 Å². The van der Waals surface area contributed by atoms with Crippen molar-refractivity contribution in [3.8, 4) is 0 Å². The quantitative estimate of drug-likeness (QED) is 0.773. The van der Waals surface area contributed by atoms with Gasteiger partial charge in [0.05, 0.1) is 21.6 Å². The van der Waals surface area contributed by atoms with Gasteiger partial charge < -0.3 is 11.1 Å². The number of carbonyl (C=O) groups is 1. The zero-order valence-corrected chi connectivity index (χ0v) is 11.0. The highest BCUT2D eigenvalue weighted by molar-refractivity contribution is 7.80. The second-order valence-corrected chi connectivity index (χ2v) is 5.06. The van der Waals surface area contributed by atoms with Gasteiger partial charge in [0.15, 0.2) is 0 Å². The molecule has 1 atom stereocenters. The second kappa shape index (κ2) is 5.91. The molecule has 0 radical (unpaired) electrons. The molecule has 1 unspecified atom stereocenters. The Hall–Kier alpha value is -1.01. The third-order valence-electron chi connectivity index (χ3n) is 2.17. The number of aromatic nitrogens is 1. The normalized spacial score (nSPS) is 12.1. The highest BCUT2D eigenvalue weighted by Gasteiger charge is 2.14. The Labute approximate surface area is 104 Å². The maximum atomic E-state index is 11.5. The summed E-state index contributed by atoms with van der Waals surface area (Å²) in [5.74, 6) is -0.536. The number of hydrogen-bond acceptors (Lipinski definition) is 4. The standard InChI is InChI=1S/C10H15N3OS2/c1-6(9(11)15)10(14)12-4-3-8-5-16-7(2)13-8/h5-6H,3-4H2,1-2H3,(H2,11,15)(H,12,14). The molecule has 6 heteroatoms. The minimum absolute atomic E-state index is 0.126.